The Morgan fingerprint density at radius 1 is 0.526 bits per heavy atom. The zero-order chi connectivity index (χ0) is 13.8. The molecule has 0 radical (unpaired) electrons. The molecule has 0 atom stereocenters. The molecule has 0 aliphatic heterocycles. The van der Waals surface area contributed by atoms with Crippen molar-refractivity contribution in [2.45, 2.75) is 52.4 Å². The molecule has 2 rings (SSSR count). The van der Waals surface area contributed by atoms with Crippen molar-refractivity contribution in [2.75, 3.05) is 0 Å². The number of rotatable bonds is 0. The molecule has 19 heavy (non-hydrogen) atoms. The van der Waals surface area contributed by atoms with Gasteiger partial charge in [-0.1, -0.05) is 52.4 Å². The fourth-order valence-electron chi connectivity index (χ4n) is 1.75. The molecule has 0 aliphatic carbocycles. The van der Waals surface area contributed by atoms with E-state index in [4.69, 9.17) is 0 Å². The molecular formula is C18H26Hf-2. The van der Waals surface area contributed by atoms with Crippen molar-refractivity contribution in [3.05, 3.63) is 59.7 Å². The van der Waals surface area contributed by atoms with E-state index in [0.29, 0.717) is 10.8 Å². The van der Waals surface area contributed by atoms with Crippen molar-refractivity contribution in [3.63, 3.8) is 0 Å². The molecule has 0 aromatic heterocycles. The predicted octanol–water partition coefficient (Wildman–Crippen LogP) is 5.40. The van der Waals surface area contributed by atoms with Crippen molar-refractivity contribution in [3.8, 4) is 0 Å². The van der Waals surface area contributed by atoms with E-state index in [-0.39, 0.29) is 25.8 Å². The fourth-order valence-corrected chi connectivity index (χ4v) is 1.75. The van der Waals surface area contributed by atoms with Gasteiger partial charge in [0.2, 0.25) is 0 Å². The van der Waals surface area contributed by atoms with Gasteiger partial charge in [0, 0.05) is 25.8 Å². The van der Waals surface area contributed by atoms with Crippen LogP contribution in [0.4, 0.5) is 0 Å². The second-order valence-corrected chi connectivity index (χ2v) is 6.85. The molecule has 0 bridgehead atoms. The van der Waals surface area contributed by atoms with Gasteiger partial charge >= 0.3 is 0 Å². The maximum Gasteiger partial charge on any atom is 0 e. The zero-order valence-electron chi connectivity index (χ0n) is 13.1. The van der Waals surface area contributed by atoms with Crippen LogP contribution < -0.4 is 0 Å². The summed E-state index contributed by atoms with van der Waals surface area (Å²) in [6, 6.07) is 17.0. The Labute approximate surface area is 137 Å². The summed E-state index contributed by atoms with van der Waals surface area (Å²) >= 11 is 0. The van der Waals surface area contributed by atoms with E-state index in [1.165, 1.54) is 11.1 Å². The summed E-state index contributed by atoms with van der Waals surface area (Å²) < 4.78 is 0. The summed E-state index contributed by atoms with van der Waals surface area (Å²) in [5.41, 5.74) is 3.48. The quantitative estimate of drug-likeness (QED) is 0.395. The minimum absolute atomic E-state index is 0. The average molecular weight is 421 g/mol. The van der Waals surface area contributed by atoms with E-state index in [9.17, 15) is 0 Å². The Balaban J connectivity index is 0.000000324. The van der Waals surface area contributed by atoms with Crippen LogP contribution in [0, 0.1) is 0 Å². The third kappa shape index (κ3) is 6.51. The molecule has 0 spiro atoms. The molecule has 0 saturated heterocycles. The third-order valence-corrected chi connectivity index (χ3v) is 3.06. The summed E-state index contributed by atoms with van der Waals surface area (Å²) in [4.78, 5) is 0. The molecule has 2 aromatic rings. The first-order chi connectivity index (χ1) is 8.21. The van der Waals surface area contributed by atoms with Crippen LogP contribution in [-0.4, -0.2) is 0 Å². The van der Waals surface area contributed by atoms with Crippen molar-refractivity contribution >= 4 is 0 Å². The molecule has 0 unspecified atom stereocenters. The minimum Gasteiger partial charge on any atom is -0.213 e. The zero-order valence-corrected chi connectivity index (χ0v) is 16.7. The first kappa shape index (κ1) is 18.6. The second kappa shape index (κ2) is 7.38. The fraction of sp³-hybridized carbons (Fsp3) is 0.444. The molecular weight excluding hydrogens is 395 g/mol. The Kier molecular flexibility index (Phi) is 7.21. The largest absolute Gasteiger partial charge is 0.213 e. The Bertz CT molecular complexity index is 375. The molecule has 2 aromatic carbocycles. The van der Waals surface area contributed by atoms with E-state index in [1.54, 1.807) is 0 Å². The summed E-state index contributed by atoms with van der Waals surface area (Å²) in [6.45, 7) is 13.3. The number of hydrogen-bond acceptors (Lipinski definition) is 0. The van der Waals surface area contributed by atoms with Gasteiger partial charge in [-0.3, -0.25) is 0 Å². The summed E-state index contributed by atoms with van der Waals surface area (Å²) in [5, 5.41) is 0. The smallest absolute Gasteiger partial charge is 0 e. The van der Waals surface area contributed by atoms with Crippen molar-refractivity contribution in [1.29, 1.82) is 0 Å². The van der Waals surface area contributed by atoms with Crippen LogP contribution in [0.25, 0.3) is 0 Å². The van der Waals surface area contributed by atoms with E-state index in [1.807, 2.05) is 0 Å². The van der Waals surface area contributed by atoms with Crippen LogP contribution in [0.15, 0.2) is 48.5 Å². The van der Waals surface area contributed by atoms with Gasteiger partial charge in [-0.05, 0) is 0 Å². The predicted molar refractivity (Wildman–Crippen MR) is 81.5 cm³/mol. The van der Waals surface area contributed by atoms with Crippen molar-refractivity contribution in [2.24, 2.45) is 0 Å². The SMILES string of the molecule is CC(C)(C)[c-]1cccc1.CC(C)(C)[c-]1cccc1.[Hf]. The van der Waals surface area contributed by atoms with E-state index in [2.05, 4.69) is 90.1 Å². The summed E-state index contributed by atoms with van der Waals surface area (Å²) in [6.07, 6.45) is 0. The maximum absolute atomic E-state index is 2.22. The third-order valence-electron chi connectivity index (χ3n) is 3.06. The Morgan fingerprint density at radius 2 is 0.737 bits per heavy atom. The Morgan fingerprint density at radius 3 is 0.842 bits per heavy atom. The van der Waals surface area contributed by atoms with Gasteiger partial charge in [0.05, 0.1) is 0 Å². The van der Waals surface area contributed by atoms with Crippen LogP contribution in [0.2, 0.25) is 0 Å². The summed E-state index contributed by atoms with van der Waals surface area (Å²) in [7, 11) is 0. The molecule has 0 saturated carbocycles. The van der Waals surface area contributed by atoms with E-state index in [0.717, 1.165) is 0 Å². The average Bonchev–Trinajstić information content (AvgIpc) is 2.91. The van der Waals surface area contributed by atoms with Gasteiger partial charge in [-0.15, -0.1) is 0 Å². The molecule has 0 heterocycles. The topological polar surface area (TPSA) is 0 Å². The molecule has 0 aliphatic rings. The second-order valence-electron chi connectivity index (χ2n) is 6.85. The van der Waals surface area contributed by atoms with Gasteiger partial charge in [-0.25, -0.2) is 24.3 Å². The maximum atomic E-state index is 2.22. The van der Waals surface area contributed by atoms with Crippen LogP contribution in [0.1, 0.15) is 52.7 Å². The van der Waals surface area contributed by atoms with E-state index < -0.39 is 0 Å². The monoisotopic (exact) mass is 422 g/mol. The standard InChI is InChI=1S/2C9H13.Hf/c2*1-9(2,3)8-6-4-5-7-8;/h2*4-7H,1-3H3;/q2*-1;. The molecule has 104 valence electrons. The van der Waals surface area contributed by atoms with Crippen LogP contribution in [0.5, 0.6) is 0 Å². The molecule has 0 N–H and O–H groups in total. The van der Waals surface area contributed by atoms with Crippen LogP contribution in [-0.2, 0) is 36.7 Å². The van der Waals surface area contributed by atoms with Gasteiger partial charge in [-0.2, -0.15) is 35.4 Å². The van der Waals surface area contributed by atoms with Gasteiger partial charge < -0.3 is 0 Å². The normalized spacial score (nSPS) is 11.3. The molecule has 1 heteroatoms. The van der Waals surface area contributed by atoms with Gasteiger partial charge in [0.25, 0.3) is 0 Å². The minimum atomic E-state index is 0. The van der Waals surface area contributed by atoms with Crippen molar-refractivity contribution < 1.29 is 25.8 Å². The van der Waals surface area contributed by atoms with Gasteiger partial charge in [0.15, 0.2) is 0 Å². The first-order valence-corrected chi connectivity index (χ1v) is 6.65. The van der Waals surface area contributed by atoms with Crippen LogP contribution in [0.3, 0.4) is 0 Å². The molecule has 0 nitrogen and oxygen atoms in total. The van der Waals surface area contributed by atoms with Gasteiger partial charge in [0.1, 0.15) is 0 Å². The summed E-state index contributed by atoms with van der Waals surface area (Å²) in [5.74, 6) is 0. The first-order valence-electron chi connectivity index (χ1n) is 6.65. The molecule has 0 fully saturated rings. The molecule has 0 amide bonds. The van der Waals surface area contributed by atoms with Crippen molar-refractivity contribution in [1.82, 2.24) is 0 Å². The van der Waals surface area contributed by atoms with E-state index >= 15 is 0 Å². The number of hydrogen-bond donors (Lipinski definition) is 0. The Hall–Kier alpha value is -0.430. The van der Waals surface area contributed by atoms with Crippen LogP contribution >= 0.6 is 0 Å².